The molecule has 7 heteroatoms. The van der Waals surface area contributed by atoms with Crippen LogP contribution in [0.4, 0.5) is 13.2 Å². The second kappa shape index (κ2) is 24.8. The molecule has 1 heterocycles. The third-order valence-electron chi connectivity index (χ3n) is 6.36. The van der Waals surface area contributed by atoms with Crippen LogP contribution < -0.4 is 4.74 Å². The van der Waals surface area contributed by atoms with Crippen LogP contribution in [0.25, 0.3) is 5.69 Å². The van der Waals surface area contributed by atoms with E-state index in [9.17, 15) is 13.2 Å². The Labute approximate surface area is 253 Å². The quantitative estimate of drug-likeness (QED) is 0.104. The van der Waals surface area contributed by atoms with E-state index >= 15 is 0 Å². The molecule has 0 N–H and O–H groups in total. The number of aromatic nitrogens is 2. The van der Waals surface area contributed by atoms with Gasteiger partial charge in [0.2, 0.25) is 0 Å². The highest BCUT2D eigenvalue weighted by molar-refractivity contribution is 5.39. The molecular formula is C35H54F3N2O2. The third-order valence-corrected chi connectivity index (χ3v) is 6.36. The number of rotatable bonds is 17. The van der Waals surface area contributed by atoms with Crippen molar-refractivity contribution in [3.63, 3.8) is 0 Å². The van der Waals surface area contributed by atoms with Gasteiger partial charge in [-0.1, -0.05) is 85.3 Å². The van der Waals surface area contributed by atoms with E-state index in [1.165, 1.54) is 37.8 Å². The summed E-state index contributed by atoms with van der Waals surface area (Å²) in [5, 5.41) is 4.86. The van der Waals surface area contributed by atoms with Gasteiger partial charge in [0.05, 0.1) is 18.0 Å². The molecule has 0 saturated heterocycles. The molecule has 0 aliphatic carbocycles. The minimum absolute atomic E-state index is 0.245. The lowest BCUT2D eigenvalue weighted by atomic mass is 9.94. The predicted octanol–water partition coefficient (Wildman–Crippen LogP) is 11.1. The first kappa shape index (κ1) is 39.2. The molecule has 2 aromatic rings. The lowest BCUT2D eigenvalue weighted by Crippen LogP contribution is -2.17. The summed E-state index contributed by atoms with van der Waals surface area (Å²) in [5.74, 6) is 0.0944. The number of hydrogen-bond donors (Lipinski definition) is 0. The highest BCUT2D eigenvalue weighted by atomic mass is 19.4. The Morgan fingerprint density at radius 3 is 2.07 bits per heavy atom. The fourth-order valence-electron chi connectivity index (χ4n) is 3.91. The van der Waals surface area contributed by atoms with E-state index < -0.39 is 6.36 Å². The van der Waals surface area contributed by atoms with Crippen molar-refractivity contribution in [1.29, 1.82) is 0 Å². The zero-order chi connectivity index (χ0) is 31.6. The number of benzene rings is 1. The van der Waals surface area contributed by atoms with Gasteiger partial charge in [-0.3, -0.25) is 0 Å². The number of unbranched alkanes of at least 4 members (excludes halogenated alkanes) is 4. The van der Waals surface area contributed by atoms with Gasteiger partial charge in [0.15, 0.2) is 0 Å². The molecule has 0 amide bonds. The molecule has 4 nitrogen and oxygen atoms in total. The number of alkyl halides is 3. The third kappa shape index (κ3) is 18.6. The van der Waals surface area contributed by atoms with Crippen molar-refractivity contribution in [2.24, 2.45) is 0 Å². The zero-order valence-corrected chi connectivity index (χ0v) is 26.8. The molecule has 237 valence electrons. The molecule has 0 bridgehead atoms. The Bertz CT molecular complexity index is 989. The average molecular weight is 592 g/mol. The van der Waals surface area contributed by atoms with Crippen LogP contribution in [-0.2, 0) is 11.2 Å². The van der Waals surface area contributed by atoms with Crippen molar-refractivity contribution in [3.8, 4) is 11.4 Å². The van der Waals surface area contributed by atoms with Crippen molar-refractivity contribution < 1.29 is 22.6 Å². The second-order valence-electron chi connectivity index (χ2n) is 10.1. The van der Waals surface area contributed by atoms with Gasteiger partial charge in [-0.15, -0.1) is 18.9 Å². The Morgan fingerprint density at radius 2 is 1.57 bits per heavy atom. The Morgan fingerprint density at radius 1 is 0.905 bits per heavy atom. The maximum atomic E-state index is 12.5. The van der Waals surface area contributed by atoms with Crippen LogP contribution >= 0.6 is 0 Å². The van der Waals surface area contributed by atoms with Crippen molar-refractivity contribution in [3.05, 3.63) is 72.3 Å². The van der Waals surface area contributed by atoms with Crippen molar-refractivity contribution >= 4 is 0 Å². The van der Waals surface area contributed by atoms with Gasteiger partial charge in [0.1, 0.15) is 5.75 Å². The summed E-state index contributed by atoms with van der Waals surface area (Å²) in [6.07, 6.45) is 14.9. The van der Waals surface area contributed by atoms with Gasteiger partial charge in [-0.25, -0.2) is 4.68 Å². The first-order chi connectivity index (χ1) is 20.2. The normalized spacial score (nSPS) is 11.6. The molecule has 0 spiro atoms. The van der Waals surface area contributed by atoms with Gasteiger partial charge in [0, 0.05) is 25.1 Å². The van der Waals surface area contributed by atoms with E-state index in [0.29, 0.717) is 24.6 Å². The summed E-state index contributed by atoms with van der Waals surface area (Å²) in [5.41, 5.74) is 5.15. The van der Waals surface area contributed by atoms with Crippen LogP contribution in [0.2, 0.25) is 0 Å². The first-order valence-corrected chi connectivity index (χ1v) is 15.6. The van der Waals surface area contributed by atoms with Gasteiger partial charge in [-0.2, -0.15) is 5.10 Å². The maximum absolute atomic E-state index is 12.5. The molecule has 42 heavy (non-hydrogen) atoms. The molecule has 0 saturated carbocycles. The van der Waals surface area contributed by atoms with Crippen molar-refractivity contribution in [2.75, 3.05) is 13.7 Å². The van der Waals surface area contributed by atoms with Gasteiger partial charge < -0.3 is 9.47 Å². The van der Waals surface area contributed by atoms with Crippen LogP contribution in [0, 0.1) is 6.58 Å². The SMILES string of the molecule is CCCC.CCCCC=CCCC(CCC)c1cc(CCOC)n(-c2ccc(OC(F)(F)F)cc2)n1.[CH]=C=CCCC. The minimum Gasteiger partial charge on any atom is -0.406 e. The summed E-state index contributed by atoms with van der Waals surface area (Å²) in [7, 11) is 1.65. The topological polar surface area (TPSA) is 36.3 Å². The minimum atomic E-state index is -4.71. The van der Waals surface area contributed by atoms with Gasteiger partial charge >= 0.3 is 6.36 Å². The van der Waals surface area contributed by atoms with Crippen LogP contribution in [0.5, 0.6) is 5.75 Å². The van der Waals surface area contributed by atoms with Crippen molar-refractivity contribution in [2.45, 2.75) is 124 Å². The number of methoxy groups -OCH3 is 1. The Hall–Kier alpha value is -2.76. The smallest absolute Gasteiger partial charge is 0.406 e. The largest absolute Gasteiger partial charge is 0.573 e. The molecule has 2 rings (SSSR count). The lowest BCUT2D eigenvalue weighted by Gasteiger charge is -2.13. The van der Waals surface area contributed by atoms with Crippen LogP contribution in [-0.4, -0.2) is 29.9 Å². The molecule has 1 radical (unpaired) electrons. The number of nitrogens with zero attached hydrogens (tertiary/aromatic N) is 2. The van der Waals surface area contributed by atoms with E-state index in [-0.39, 0.29) is 5.75 Å². The van der Waals surface area contributed by atoms with E-state index in [1.807, 2.05) is 10.8 Å². The highest BCUT2D eigenvalue weighted by Crippen LogP contribution is 2.29. The summed E-state index contributed by atoms with van der Waals surface area (Å²) in [4.78, 5) is 0. The summed E-state index contributed by atoms with van der Waals surface area (Å²) >= 11 is 0. The number of allylic oxidation sites excluding steroid dienone is 3. The van der Waals surface area contributed by atoms with Crippen molar-refractivity contribution in [1.82, 2.24) is 9.78 Å². The van der Waals surface area contributed by atoms with Crippen LogP contribution in [0.1, 0.15) is 123 Å². The molecule has 0 aliphatic rings. The van der Waals surface area contributed by atoms with Crippen LogP contribution in [0.15, 0.2) is 54.3 Å². The van der Waals surface area contributed by atoms with E-state index in [2.05, 4.69) is 63.3 Å². The number of halogens is 3. The maximum Gasteiger partial charge on any atom is 0.573 e. The molecular weight excluding hydrogens is 537 g/mol. The van der Waals surface area contributed by atoms with E-state index in [1.54, 1.807) is 19.2 Å². The fraction of sp³-hybridized carbons (Fsp3) is 0.600. The summed E-state index contributed by atoms with van der Waals surface area (Å²) < 4.78 is 48.4. The average Bonchev–Trinajstić information content (AvgIpc) is 3.40. The fourth-order valence-corrected chi connectivity index (χ4v) is 3.91. The molecule has 0 aliphatic heterocycles. The summed E-state index contributed by atoms with van der Waals surface area (Å²) in [6, 6.07) is 7.93. The predicted molar refractivity (Wildman–Crippen MR) is 169 cm³/mol. The molecule has 1 atom stereocenters. The Balaban J connectivity index is 0.00000144. The van der Waals surface area contributed by atoms with Gasteiger partial charge in [-0.05, 0) is 75.1 Å². The Kier molecular flexibility index (Phi) is 23.2. The first-order valence-electron chi connectivity index (χ1n) is 15.6. The lowest BCUT2D eigenvalue weighted by molar-refractivity contribution is -0.274. The van der Waals surface area contributed by atoms with E-state index in [0.717, 1.165) is 56.3 Å². The zero-order valence-electron chi connectivity index (χ0n) is 26.8. The molecule has 0 fully saturated rings. The molecule has 1 aromatic heterocycles. The summed E-state index contributed by atoms with van der Waals surface area (Å²) in [6.45, 7) is 16.3. The van der Waals surface area contributed by atoms with E-state index in [4.69, 9.17) is 16.4 Å². The second-order valence-corrected chi connectivity index (χ2v) is 10.1. The van der Waals surface area contributed by atoms with Gasteiger partial charge in [0.25, 0.3) is 0 Å². The number of ether oxygens (including phenoxy) is 2. The molecule has 1 aromatic carbocycles. The monoisotopic (exact) mass is 591 g/mol. The van der Waals surface area contributed by atoms with Crippen LogP contribution in [0.3, 0.4) is 0 Å². The standard InChI is InChI=1S/C25H35F3N2O2.C6H9.C4H10/c1-4-6-7-8-9-10-12-20(11-5-2)24-19-22(17-18-31-3)30(29-24)21-13-15-23(16-14-21)32-25(26,27)28;1-3-5-6-4-2;1-3-4-2/h8-9,13-16,19-20H,4-7,10-12,17-18H2,1-3H3;1,5H,4,6H2,2H3;3-4H2,1-2H3. The highest BCUT2D eigenvalue weighted by Gasteiger charge is 2.31. The molecule has 1 unspecified atom stereocenters. The number of hydrogen-bond acceptors (Lipinski definition) is 3.